The summed E-state index contributed by atoms with van der Waals surface area (Å²) in [7, 11) is 0. The largest absolute Gasteiger partial charge is 0.476 e. The summed E-state index contributed by atoms with van der Waals surface area (Å²) in [6, 6.07) is 3.70. The van der Waals surface area contributed by atoms with E-state index >= 15 is 0 Å². The highest BCUT2D eigenvalue weighted by atomic mass is 16.5. The van der Waals surface area contributed by atoms with Gasteiger partial charge in [0.2, 0.25) is 5.88 Å². The maximum atomic E-state index is 9.46. The highest BCUT2D eigenvalue weighted by Crippen LogP contribution is 2.30. The highest BCUT2D eigenvalue weighted by Gasteiger charge is 2.24. The Bertz CT molecular complexity index is 440. The molecule has 118 valence electrons. The van der Waals surface area contributed by atoms with Gasteiger partial charge in [0.25, 0.3) is 0 Å². The normalized spacial score (nSPS) is 22.0. The van der Waals surface area contributed by atoms with Crippen LogP contribution in [0.5, 0.6) is 5.88 Å². The third kappa shape index (κ3) is 4.49. The SMILES string of the molecule is CCCOc1nc(NCC2CCCCC2CO)ccc1N. The maximum Gasteiger partial charge on any atom is 0.239 e. The molecule has 0 radical (unpaired) electrons. The number of anilines is 2. The smallest absolute Gasteiger partial charge is 0.239 e. The first-order valence-electron chi connectivity index (χ1n) is 7.98. The third-order valence-electron chi connectivity index (χ3n) is 4.18. The number of aromatic nitrogens is 1. The first-order valence-corrected chi connectivity index (χ1v) is 7.98. The fourth-order valence-corrected chi connectivity index (χ4v) is 2.89. The fourth-order valence-electron chi connectivity index (χ4n) is 2.89. The van der Waals surface area contributed by atoms with Crippen LogP contribution in [0.3, 0.4) is 0 Å². The van der Waals surface area contributed by atoms with Gasteiger partial charge in [-0.15, -0.1) is 0 Å². The lowest BCUT2D eigenvalue weighted by Crippen LogP contribution is -2.28. The van der Waals surface area contributed by atoms with Crippen molar-refractivity contribution >= 4 is 11.5 Å². The van der Waals surface area contributed by atoms with Crippen molar-refractivity contribution in [1.29, 1.82) is 0 Å². The predicted molar refractivity (Wildman–Crippen MR) is 85.5 cm³/mol. The van der Waals surface area contributed by atoms with Crippen LogP contribution in [-0.4, -0.2) is 29.8 Å². The number of nitrogen functional groups attached to an aromatic ring is 1. The minimum Gasteiger partial charge on any atom is -0.476 e. The Balaban J connectivity index is 1.92. The number of rotatable bonds is 7. The van der Waals surface area contributed by atoms with E-state index in [-0.39, 0.29) is 6.61 Å². The summed E-state index contributed by atoms with van der Waals surface area (Å²) >= 11 is 0. The van der Waals surface area contributed by atoms with Crippen molar-refractivity contribution in [3.05, 3.63) is 12.1 Å². The van der Waals surface area contributed by atoms with E-state index in [1.807, 2.05) is 12.1 Å². The molecule has 0 spiro atoms. The topological polar surface area (TPSA) is 80.4 Å². The number of nitrogens with one attached hydrogen (secondary N) is 1. The maximum absolute atomic E-state index is 9.46. The molecule has 1 aromatic heterocycles. The van der Waals surface area contributed by atoms with E-state index in [1.165, 1.54) is 19.3 Å². The van der Waals surface area contributed by atoms with E-state index in [9.17, 15) is 5.11 Å². The van der Waals surface area contributed by atoms with E-state index in [0.717, 1.165) is 25.2 Å². The lowest BCUT2D eigenvalue weighted by molar-refractivity contribution is 0.141. The highest BCUT2D eigenvalue weighted by molar-refractivity contribution is 5.53. The number of nitrogens with zero attached hydrogens (tertiary/aromatic N) is 1. The summed E-state index contributed by atoms with van der Waals surface area (Å²) in [5.41, 5.74) is 6.43. The van der Waals surface area contributed by atoms with E-state index in [1.54, 1.807) is 0 Å². The number of nitrogens with two attached hydrogens (primary N) is 1. The van der Waals surface area contributed by atoms with Crippen LogP contribution in [0.2, 0.25) is 0 Å². The van der Waals surface area contributed by atoms with Crippen LogP contribution < -0.4 is 15.8 Å². The van der Waals surface area contributed by atoms with E-state index in [2.05, 4.69) is 17.2 Å². The molecule has 1 heterocycles. The van der Waals surface area contributed by atoms with Crippen molar-refractivity contribution in [2.75, 3.05) is 30.8 Å². The standard InChI is InChI=1S/C16H27N3O2/c1-2-9-21-16-14(17)7-8-15(19-16)18-10-12-5-3-4-6-13(12)11-20/h7-8,12-13,20H,2-6,9-11,17H2,1H3,(H,18,19). The van der Waals surface area contributed by atoms with Gasteiger partial charge >= 0.3 is 0 Å². The van der Waals surface area contributed by atoms with Gasteiger partial charge in [0, 0.05) is 13.2 Å². The van der Waals surface area contributed by atoms with Gasteiger partial charge in [-0.25, -0.2) is 0 Å². The van der Waals surface area contributed by atoms with Crippen molar-refractivity contribution in [2.24, 2.45) is 11.8 Å². The van der Waals surface area contributed by atoms with Crippen LogP contribution in [-0.2, 0) is 0 Å². The monoisotopic (exact) mass is 293 g/mol. The zero-order valence-corrected chi connectivity index (χ0v) is 12.8. The van der Waals surface area contributed by atoms with Crippen molar-refractivity contribution < 1.29 is 9.84 Å². The molecule has 0 bridgehead atoms. The van der Waals surface area contributed by atoms with Gasteiger partial charge in [-0.1, -0.05) is 19.8 Å². The van der Waals surface area contributed by atoms with Gasteiger partial charge in [0.1, 0.15) is 5.82 Å². The molecule has 0 aromatic carbocycles. The molecule has 5 heteroatoms. The number of pyridine rings is 1. The zero-order chi connectivity index (χ0) is 15.1. The van der Waals surface area contributed by atoms with Gasteiger partial charge < -0.3 is 20.9 Å². The molecule has 0 amide bonds. The summed E-state index contributed by atoms with van der Waals surface area (Å²) in [4.78, 5) is 4.42. The number of ether oxygens (including phenoxy) is 1. The molecule has 1 aliphatic rings. The van der Waals surface area contributed by atoms with Crippen molar-refractivity contribution in [3.8, 4) is 5.88 Å². The molecule has 0 aliphatic heterocycles. The summed E-state index contributed by atoms with van der Waals surface area (Å²) < 4.78 is 5.54. The van der Waals surface area contributed by atoms with E-state index in [0.29, 0.717) is 30.0 Å². The van der Waals surface area contributed by atoms with Gasteiger partial charge in [-0.2, -0.15) is 4.98 Å². The Morgan fingerprint density at radius 3 is 2.81 bits per heavy atom. The second-order valence-electron chi connectivity index (χ2n) is 5.81. The Labute approximate surface area is 126 Å². The minimum atomic E-state index is 0.284. The second-order valence-corrected chi connectivity index (χ2v) is 5.81. The summed E-state index contributed by atoms with van der Waals surface area (Å²) in [5, 5.41) is 12.8. The van der Waals surface area contributed by atoms with Crippen LogP contribution in [0.15, 0.2) is 12.1 Å². The van der Waals surface area contributed by atoms with Gasteiger partial charge in [0.15, 0.2) is 0 Å². The summed E-state index contributed by atoms with van der Waals surface area (Å²) in [6.07, 6.45) is 5.72. The molecule has 1 aromatic rings. The molecular weight excluding hydrogens is 266 g/mol. The van der Waals surface area contributed by atoms with Gasteiger partial charge in [0.05, 0.1) is 12.3 Å². The van der Waals surface area contributed by atoms with E-state index < -0.39 is 0 Å². The van der Waals surface area contributed by atoms with Crippen LogP contribution in [0.1, 0.15) is 39.0 Å². The summed E-state index contributed by atoms with van der Waals surface area (Å²) in [6.45, 7) is 3.80. The quantitative estimate of drug-likeness (QED) is 0.720. The molecule has 21 heavy (non-hydrogen) atoms. The third-order valence-corrected chi connectivity index (χ3v) is 4.18. The van der Waals surface area contributed by atoms with Crippen molar-refractivity contribution in [3.63, 3.8) is 0 Å². The lowest BCUT2D eigenvalue weighted by atomic mass is 9.79. The molecule has 2 unspecified atom stereocenters. The molecule has 1 fully saturated rings. The number of aliphatic hydroxyl groups is 1. The molecule has 5 nitrogen and oxygen atoms in total. The first-order chi connectivity index (χ1) is 10.2. The summed E-state index contributed by atoms with van der Waals surface area (Å²) in [5.74, 6) is 2.22. The molecule has 4 N–H and O–H groups in total. The lowest BCUT2D eigenvalue weighted by Gasteiger charge is -2.30. The Kier molecular flexibility index (Phi) is 6.11. The average Bonchev–Trinajstić information content (AvgIpc) is 2.53. The average molecular weight is 293 g/mol. The van der Waals surface area contributed by atoms with Crippen LogP contribution in [0.4, 0.5) is 11.5 Å². The number of hydrogen-bond acceptors (Lipinski definition) is 5. The Morgan fingerprint density at radius 2 is 2.10 bits per heavy atom. The number of hydrogen-bond donors (Lipinski definition) is 3. The minimum absolute atomic E-state index is 0.284. The molecular formula is C16H27N3O2. The van der Waals surface area contributed by atoms with E-state index in [4.69, 9.17) is 10.5 Å². The van der Waals surface area contributed by atoms with Crippen LogP contribution in [0, 0.1) is 11.8 Å². The van der Waals surface area contributed by atoms with Gasteiger partial charge in [-0.05, 0) is 43.2 Å². The predicted octanol–water partition coefficient (Wildman–Crippen LogP) is 2.66. The molecule has 1 aliphatic carbocycles. The van der Waals surface area contributed by atoms with Crippen LogP contribution in [0.25, 0.3) is 0 Å². The van der Waals surface area contributed by atoms with Gasteiger partial charge in [-0.3, -0.25) is 0 Å². The van der Waals surface area contributed by atoms with Crippen molar-refractivity contribution in [1.82, 2.24) is 4.98 Å². The zero-order valence-electron chi connectivity index (χ0n) is 12.8. The Morgan fingerprint density at radius 1 is 1.33 bits per heavy atom. The fraction of sp³-hybridized carbons (Fsp3) is 0.688. The first kappa shape index (κ1) is 15.9. The molecule has 0 saturated heterocycles. The molecule has 1 saturated carbocycles. The molecule has 2 atom stereocenters. The van der Waals surface area contributed by atoms with Crippen LogP contribution >= 0.6 is 0 Å². The van der Waals surface area contributed by atoms with Crippen molar-refractivity contribution in [2.45, 2.75) is 39.0 Å². The molecule has 2 rings (SSSR count). The second kappa shape index (κ2) is 8.08. The Hall–Kier alpha value is -1.49. The number of aliphatic hydroxyl groups excluding tert-OH is 1.